The second kappa shape index (κ2) is 9.02. The van der Waals surface area contributed by atoms with Crippen molar-refractivity contribution < 1.29 is 29.3 Å². The molecule has 0 amide bonds. The standard InChI is InChI=1S/C15H14O3.CH2O3/c1-2-17-13-8-10-14(11-9-13)18-15(16)12-6-4-3-5-7-12;2-1(3)4/h3-11H,2H2,1H3;(H2,2,3,4). The molecule has 0 atom stereocenters. The van der Waals surface area contributed by atoms with Gasteiger partial charge >= 0.3 is 12.1 Å². The van der Waals surface area contributed by atoms with Crippen LogP contribution in [0, 0.1) is 0 Å². The van der Waals surface area contributed by atoms with Crippen LogP contribution in [0.3, 0.4) is 0 Å². The Labute approximate surface area is 127 Å². The summed E-state index contributed by atoms with van der Waals surface area (Å²) < 4.78 is 10.5. The average Bonchev–Trinajstić information content (AvgIpc) is 2.50. The summed E-state index contributed by atoms with van der Waals surface area (Å²) in [6.07, 6.45) is -1.83. The molecule has 2 N–H and O–H groups in total. The smallest absolute Gasteiger partial charge is 0.494 e. The van der Waals surface area contributed by atoms with Crippen LogP contribution in [0.15, 0.2) is 54.6 Å². The van der Waals surface area contributed by atoms with E-state index in [1.54, 1.807) is 48.5 Å². The van der Waals surface area contributed by atoms with Gasteiger partial charge in [0.2, 0.25) is 0 Å². The molecule has 0 bridgehead atoms. The van der Waals surface area contributed by atoms with Crippen molar-refractivity contribution in [1.29, 1.82) is 0 Å². The van der Waals surface area contributed by atoms with Gasteiger partial charge in [-0.3, -0.25) is 0 Å². The first-order valence-corrected chi connectivity index (χ1v) is 6.45. The summed E-state index contributed by atoms with van der Waals surface area (Å²) in [6.45, 7) is 2.53. The molecule has 0 heterocycles. The number of hydrogen-bond acceptors (Lipinski definition) is 4. The molecular formula is C16H16O6. The molecule has 22 heavy (non-hydrogen) atoms. The van der Waals surface area contributed by atoms with Crippen molar-refractivity contribution in [2.24, 2.45) is 0 Å². The van der Waals surface area contributed by atoms with Crippen LogP contribution >= 0.6 is 0 Å². The van der Waals surface area contributed by atoms with Crippen LogP contribution in [0.5, 0.6) is 11.5 Å². The topological polar surface area (TPSA) is 93.1 Å². The Morgan fingerprint density at radius 1 is 0.909 bits per heavy atom. The van der Waals surface area contributed by atoms with Gasteiger partial charge in [0.05, 0.1) is 12.2 Å². The Hall–Kier alpha value is -3.02. The number of hydrogen-bond donors (Lipinski definition) is 2. The molecule has 0 aromatic heterocycles. The van der Waals surface area contributed by atoms with Crippen molar-refractivity contribution in [2.45, 2.75) is 6.92 Å². The molecule has 0 fully saturated rings. The zero-order chi connectivity index (χ0) is 16.4. The van der Waals surface area contributed by atoms with E-state index in [4.69, 9.17) is 24.5 Å². The largest absolute Gasteiger partial charge is 0.503 e. The summed E-state index contributed by atoms with van der Waals surface area (Å²) in [5.41, 5.74) is 0.534. The fourth-order valence-corrected chi connectivity index (χ4v) is 1.51. The van der Waals surface area contributed by atoms with Gasteiger partial charge in [-0.2, -0.15) is 0 Å². The minimum Gasteiger partial charge on any atom is -0.494 e. The first-order valence-electron chi connectivity index (χ1n) is 6.45. The summed E-state index contributed by atoms with van der Waals surface area (Å²) in [5.74, 6) is 0.907. The number of esters is 1. The number of benzene rings is 2. The lowest BCUT2D eigenvalue weighted by Crippen LogP contribution is -2.07. The molecule has 0 aliphatic carbocycles. The first-order chi connectivity index (χ1) is 10.5. The second-order valence-electron chi connectivity index (χ2n) is 3.94. The van der Waals surface area contributed by atoms with Crippen molar-refractivity contribution in [3.63, 3.8) is 0 Å². The molecule has 2 aromatic carbocycles. The van der Waals surface area contributed by atoms with E-state index in [1.165, 1.54) is 0 Å². The predicted molar refractivity (Wildman–Crippen MR) is 79.7 cm³/mol. The van der Waals surface area contributed by atoms with Gasteiger partial charge in [-0.25, -0.2) is 9.59 Å². The molecule has 0 aliphatic rings. The number of carboxylic acid groups (broad SMARTS) is 2. The maximum absolute atomic E-state index is 11.8. The minimum atomic E-state index is -1.83. The van der Waals surface area contributed by atoms with E-state index in [1.807, 2.05) is 13.0 Å². The Kier molecular flexibility index (Phi) is 6.98. The SMILES string of the molecule is CCOc1ccc(OC(=O)c2ccccc2)cc1.O=C(O)O. The average molecular weight is 304 g/mol. The third kappa shape index (κ3) is 6.42. The summed E-state index contributed by atoms with van der Waals surface area (Å²) in [7, 11) is 0. The molecule has 6 nitrogen and oxygen atoms in total. The first kappa shape index (κ1) is 17.0. The van der Waals surface area contributed by atoms with E-state index in [0.717, 1.165) is 5.75 Å². The molecule has 116 valence electrons. The van der Waals surface area contributed by atoms with Crippen LogP contribution in [0.1, 0.15) is 17.3 Å². The number of carbonyl (C=O) groups excluding carboxylic acids is 1. The van der Waals surface area contributed by atoms with E-state index < -0.39 is 6.16 Å². The molecule has 2 rings (SSSR count). The maximum Gasteiger partial charge on any atom is 0.503 e. The summed E-state index contributed by atoms with van der Waals surface area (Å²) in [4.78, 5) is 20.3. The Bertz CT molecular complexity index is 588. The highest BCUT2D eigenvalue weighted by molar-refractivity contribution is 5.90. The molecule has 0 saturated carbocycles. The van der Waals surface area contributed by atoms with E-state index in [-0.39, 0.29) is 5.97 Å². The predicted octanol–water partition coefficient (Wildman–Crippen LogP) is 3.53. The molecule has 0 saturated heterocycles. The molecule has 0 radical (unpaired) electrons. The fourth-order valence-electron chi connectivity index (χ4n) is 1.51. The highest BCUT2D eigenvalue weighted by atomic mass is 16.6. The maximum atomic E-state index is 11.8. The highest BCUT2D eigenvalue weighted by Gasteiger charge is 2.07. The van der Waals surface area contributed by atoms with Crippen molar-refractivity contribution in [3.8, 4) is 11.5 Å². The van der Waals surface area contributed by atoms with Gasteiger partial charge in [0.25, 0.3) is 0 Å². The molecule has 6 heteroatoms. The quantitative estimate of drug-likeness (QED) is 0.663. The number of ether oxygens (including phenoxy) is 2. The number of rotatable bonds is 4. The lowest BCUT2D eigenvalue weighted by molar-refractivity contribution is 0.0734. The highest BCUT2D eigenvalue weighted by Crippen LogP contribution is 2.18. The van der Waals surface area contributed by atoms with Gasteiger partial charge in [-0.1, -0.05) is 18.2 Å². The summed E-state index contributed by atoms with van der Waals surface area (Å²) >= 11 is 0. The van der Waals surface area contributed by atoms with Crippen LogP contribution < -0.4 is 9.47 Å². The van der Waals surface area contributed by atoms with Gasteiger partial charge in [0.1, 0.15) is 11.5 Å². The Morgan fingerprint density at radius 2 is 1.41 bits per heavy atom. The molecule has 0 spiro atoms. The van der Waals surface area contributed by atoms with E-state index in [9.17, 15) is 4.79 Å². The van der Waals surface area contributed by atoms with Crippen molar-refractivity contribution in [3.05, 3.63) is 60.2 Å². The zero-order valence-corrected chi connectivity index (χ0v) is 11.9. The minimum absolute atomic E-state index is 0.361. The Morgan fingerprint density at radius 3 is 1.91 bits per heavy atom. The van der Waals surface area contributed by atoms with Gasteiger partial charge in [-0.15, -0.1) is 0 Å². The van der Waals surface area contributed by atoms with Gasteiger partial charge in [0.15, 0.2) is 0 Å². The summed E-state index contributed by atoms with van der Waals surface area (Å²) in [5, 5.41) is 13.9. The van der Waals surface area contributed by atoms with Crippen LogP contribution in [0.2, 0.25) is 0 Å². The van der Waals surface area contributed by atoms with Crippen LogP contribution in [0.25, 0.3) is 0 Å². The zero-order valence-electron chi connectivity index (χ0n) is 11.9. The van der Waals surface area contributed by atoms with Crippen molar-refractivity contribution in [1.82, 2.24) is 0 Å². The van der Waals surface area contributed by atoms with Gasteiger partial charge < -0.3 is 19.7 Å². The van der Waals surface area contributed by atoms with E-state index in [2.05, 4.69) is 0 Å². The van der Waals surface area contributed by atoms with Crippen LogP contribution in [-0.2, 0) is 0 Å². The monoisotopic (exact) mass is 304 g/mol. The fraction of sp³-hybridized carbons (Fsp3) is 0.125. The van der Waals surface area contributed by atoms with Crippen molar-refractivity contribution in [2.75, 3.05) is 6.61 Å². The molecule has 2 aromatic rings. The van der Waals surface area contributed by atoms with E-state index in [0.29, 0.717) is 17.9 Å². The lowest BCUT2D eigenvalue weighted by atomic mass is 10.2. The number of carbonyl (C=O) groups is 2. The van der Waals surface area contributed by atoms with Gasteiger partial charge in [0, 0.05) is 0 Å². The molecule has 0 unspecified atom stereocenters. The third-order valence-corrected chi connectivity index (χ3v) is 2.35. The summed E-state index contributed by atoms with van der Waals surface area (Å²) in [6, 6.07) is 15.9. The molecule has 0 aliphatic heterocycles. The van der Waals surface area contributed by atoms with Gasteiger partial charge in [-0.05, 0) is 43.3 Å². The van der Waals surface area contributed by atoms with E-state index >= 15 is 0 Å². The Balaban J connectivity index is 0.000000541. The van der Waals surface area contributed by atoms with Crippen molar-refractivity contribution >= 4 is 12.1 Å². The normalized spacial score (nSPS) is 9.14. The lowest BCUT2D eigenvalue weighted by Gasteiger charge is -2.06. The second-order valence-corrected chi connectivity index (χ2v) is 3.94. The van der Waals surface area contributed by atoms with Crippen LogP contribution in [-0.4, -0.2) is 28.9 Å². The van der Waals surface area contributed by atoms with Crippen LogP contribution in [0.4, 0.5) is 4.79 Å². The third-order valence-electron chi connectivity index (χ3n) is 2.35. The molecular weight excluding hydrogens is 288 g/mol.